The van der Waals surface area contributed by atoms with E-state index in [0.29, 0.717) is 29.5 Å². The van der Waals surface area contributed by atoms with Gasteiger partial charge in [0.25, 0.3) is 0 Å². The van der Waals surface area contributed by atoms with Crippen molar-refractivity contribution in [3.63, 3.8) is 0 Å². The van der Waals surface area contributed by atoms with E-state index >= 15 is 0 Å². The maximum absolute atomic E-state index is 13.9. The normalized spacial score (nSPS) is 25.4. The molecule has 3 aliphatic rings. The number of nitrogens with zero attached hydrogens (tertiary/aromatic N) is 2. The van der Waals surface area contributed by atoms with Crippen LogP contribution in [0.5, 0.6) is 0 Å². The van der Waals surface area contributed by atoms with Gasteiger partial charge in [0.1, 0.15) is 12.1 Å². The van der Waals surface area contributed by atoms with Crippen LogP contribution in [-0.4, -0.2) is 52.6 Å². The van der Waals surface area contributed by atoms with Gasteiger partial charge >= 0.3 is 0 Å². The number of hydrogen-bond donors (Lipinski definition) is 2. The van der Waals surface area contributed by atoms with Crippen molar-refractivity contribution < 1.29 is 19.2 Å². The van der Waals surface area contributed by atoms with Crippen molar-refractivity contribution in [2.24, 2.45) is 22.2 Å². The van der Waals surface area contributed by atoms with Crippen molar-refractivity contribution in [1.82, 2.24) is 10.2 Å². The zero-order valence-electron chi connectivity index (χ0n) is 21.4. The summed E-state index contributed by atoms with van der Waals surface area (Å²) >= 11 is 6.14. The Balaban J connectivity index is 1.49. The summed E-state index contributed by atoms with van der Waals surface area (Å²) in [6.07, 6.45) is 6.70. The molecule has 2 aliphatic heterocycles. The molecular formula is C27H37ClN4O4. The first-order valence-electron chi connectivity index (χ1n) is 12.9. The first kappa shape index (κ1) is 26.5. The molecule has 1 aromatic rings. The Kier molecular flexibility index (Phi) is 7.64. The molecule has 1 saturated heterocycles. The summed E-state index contributed by atoms with van der Waals surface area (Å²) < 4.78 is 0. The smallest absolute Gasteiger partial charge is 0.246 e. The lowest BCUT2D eigenvalue weighted by Gasteiger charge is -2.35. The molecule has 3 atom stereocenters. The van der Waals surface area contributed by atoms with Gasteiger partial charge in [0.15, 0.2) is 5.60 Å². The maximum atomic E-state index is 13.9. The molecule has 0 unspecified atom stereocenters. The van der Waals surface area contributed by atoms with E-state index in [9.17, 15) is 14.4 Å². The summed E-state index contributed by atoms with van der Waals surface area (Å²) in [6.45, 7) is 5.90. The SMILES string of the molecule is CC(C)(C)[C@H](NC(=O)CC1CCCCC1)C(=O)N1C[C@@]2(CC(c3cccc(Cl)c3)=NO2)C[C@H]1C(N)=O. The molecule has 0 bridgehead atoms. The van der Waals surface area contributed by atoms with Gasteiger partial charge in [-0.3, -0.25) is 14.4 Å². The highest BCUT2D eigenvalue weighted by molar-refractivity contribution is 6.31. The summed E-state index contributed by atoms with van der Waals surface area (Å²) in [6, 6.07) is 5.70. The lowest BCUT2D eigenvalue weighted by molar-refractivity contribution is -0.143. The fourth-order valence-corrected chi connectivity index (χ4v) is 5.85. The van der Waals surface area contributed by atoms with Gasteiger partial charge in [-0.2, -0.15) is 0 Å². The Morgan fingerprint density at radius 3 is 2.61 bits per heavy atom. The minimum atomic E-state index is -0.846. The third kappa shape index (κ3) is 5.85. The predicted molar refractivity (Wildman–Crippen MR) is 138 cm³/mol. The topological polar surface area (TPSA) is 114 Å². The van der Waals surface area contributed by atoms with Crippen LogP contribution in [0.1, 0.15) is 77.7 Å². The molecule has 1 saturated carbocycles. The molecule has 9 heteroatoms. The third-order valence-corrected chi connectivity index (χ3v) is 7.86. The molecular weight excluding hydrogens is 480 g/mol. The van der Waals surface area contributed by atoms with E-state index in [1.54, 1.807) is 6.07 Å². The fraction of sp³-hybridized carbons (Fsp3) is 0.630. The van der Waals surface area contributed by atoms with E-state index in [1.807, 2.05) is 39.0 Å². The summed E-state index contributed by atoms with van der Waals surface area (Å²) in [5, 5.41) is 7.86. The number of hydrogen-bond acceptors (Lipinski definition) is 5. The number of primary amides is 1. The summed E-state index contributed by atoms with van der Waals surface area (Å²) in [7, 11) is 0. The first-order chi connectivity index (χ1) is 17.0. The van der Waals surface area contributed by atoms with Crippen LogP contribution in [-0.2, 0) is 19.2 Å². The second-order valence-corrected chi connectivity index (χ2v) is 12.1. The average molecular weight is 517 g/mol. The van der Waals surface area contributed by atoms with E-state index in [2.05, 4.69) is 10.5 Å². The Labute approximate surface area is 217 Å². The Morgan fingerprint density at radius 2 is 1.97 bits per heavy atom. The number of rotatable bonds is 6. The lowest BCUT2D eigenvalue weighted by atomic mass is 9.84. The second kappa shape index (κ2) is 10.4. The number of halogens is 1. The van der Waals surface area contributed by atoms with E-state index in [1.165, 1.54) is 11.3 Å². The van der Waals surface area contributed by atoms with Gasteiger partial charge in [-0.15, -0.1) is 0 Å². The molecule has 4 rings (SSSR count). The van der Waals surface area contributed by atoms with Crippen LogP contribution in [0, 0.1) is 11.3 Å². The molecule has 1 aromatic carbocycles. The number of oxime groups is 1. The molecule has 3 N–H and O–H groups in total. The number of carbonyl (C=O) groups excluding carboxylic acids is 3. The number of benzene rings is 1. The van der Waals surface area contributed by atoms with Gasteiger partial charge < -0.3 is 20.8 Å². The number of carbonyl (C=O) groups is 3. The number of likely N-dealkylation sites (tertiary alicyclic amines) is 1. The number of nitrogens with one attached hydrogen (secondary N) is 1. The van der Waals surface area contributed by atoms with Gasteiger partial charge in [-0.25, -0.2) is 0 Å². The summed E-state index contributed by atoms with van der Waals surface area (Å²) in [4.78, 5) is 46.6. The molecule has 36 heavy (non-hydrogen) atoms. The zero-order chi connectivity index (χ0) is 26.1. The molecule has 2 heterocycles. The van der Waals surface area contributed by atoms with Crippen molar-refractivity contribution in [2.75, 3.05) is 6.54 Å². The van der Waals surface area contributed by atoms with Crippen LogP contribution in [0.15, 0.2) is 29.4 Å². The lowest BCUT2D eigenvalue weighted by Crippen LogP contribution is -2.57. The van der Waals surface area contributed by atoms with Gasteiger partial charge in [-0.05, 0) is 36.3 Å². The quantitative estimate of drug-likeness (QED) is 0.598. The minimum Gasteiger partial charge on any atom is -0.387 e. The van der Waals surface area contributed by atoms with Crippen LogP contribution >= 0.6 is 11.6 Å². The van der Waals surface area contributed by atoms with Crippen molar-refractivity contribution in [2.45, 2.75) is 89.8 Å². The Bertz CT molecular complexity index is 1050. The van der Waals surface area contributed by atoms with Gasteiger partial charge in [0.05, 0.1) is 12.3 Å². The fourth-order valence-electron chi connectivity index (χ4n) is 5.66. The van der Waals surface area contributed by atoms with Crippen molar-refractivity contribution >= 4 is 35.0 Å². The number of amides is 3. The summed E-state index contributed by atoms with van der Waals surface area (Å²) in [5.41, 5.74) is 5.89. The monoisotopic (exact) mass is 516 g/mol. The standard InChI is InChI=1S/C27H37ClN4O4/c1-26(2,3)23(30-22(33)12-17-8-5-4-6-9-17)25(35)32-16-27(15-21(32)24(29)34)14-20(31-36-27)18-10-7-11-19(28)13-18/h7,10-11,13,17,21,23H,4-6,8-9,12,14-16H2,1-3H3,(H2,29,34)(H,30,33)/t21-,23+,27+/m0/s1. The third-order valence-electron chi connectivity index (χ3n) is 7.63. The molecule has 3 amide bonds. The van der Waals surface area contributed by atoms with Crippen LogP contribution in [0.3, 0.4) is 0 Å². The van der Waals surface area contributed by atoms with Crippen LogP contribution in [0.4, 0.5) is 0 Å². The predicted octanol–water partition coefficient (Wildman–Crippen LogP) is 3.79. The minimum absolute atomic E-state index is 0.122. The molecule has 196 valence electrons. The van der Waals surface area contributed by atoms with E-state index in [-0.39, 0.29) is 24.8 Å². The Morgan fingerprint density at radius 1 is 1.25 bits per heavy atom. The Hall–Kier alpha value is -2.61. The molecule has 0 aromatic heterocycles. The highest BCUT2D eigenvalue weighted by Gasteiger charge is 2.55. The van der Waals surface area contributed by atoms with Gasteiger partial charge in [0.2, 0.25) is 17.7 Å². The summed E-state index contributed by atoms with van der Waals surface area (Å²) in [5.74, 6) is -0.679. The van der Waals surface area contributed by atoms with Crippen molar-refractivity contribution in [3.8, 4) is 0 Å². The van der Waals surface area contributed by atoms with Crippen LogP contribution in [0.25, 0.3) is 0 Å². The zero-order valence-corrected chi connectivity index (χ0v) is 22.1. The second-order valence-electron chi connectivity index (χ2n) is 11.7. The average Bonchev–Trinajstić information content (AvgIpc) is 3.41. The van der Waals surface area contributed by atoms with Crippen molar-refractivity contribution in [3.05, 3.63) is 34.9 Å². The van der Waals surface area contributed by atoms with E-state index in [4.69, 9.17) is 22.2 Å². The highest BCUT2D eigenvalue weighted by Crippen LogP contribution is 2.40. The first-order valence-corrected chi connectivity index (χ1v) is 13.3. The molecule has 2 fully saturated rings. The largest absolute Gasteiger partial charge is 0.387 e. The van der Waals surface area contributed by atoms with E-state index in [0.717, 1.165) is 31.2 Å². The van der Waals surface area contributed by atoms with Crippen LogP contribution < -0.4 is 11.1 Å². The van der Waals surface area contributed by atoms with Crippen LogP contribution in [0.2, 0.25) is 5.02 Å². The van der Waals surface area contributed by atoms with Gasteiger partial charge in [-0.1, -0.05) is 68.9 Å². The molecule has 1 aliphatic carbocycles. The highest BCUT2D eigenvalue weighted by atomic mass is 35.5. The van der Waals surface area contributed by atoms with E-state index < -0.39 is 29.0 Å². The maximum Gasteiger partial charge on any atom is 0.246 e. The molecule has 1 spiro atoms. The number of nitrogens with two attached hydrogens (primary N) is 1. The van der Waals surface area contributed by atoms with Crippen molar-refractivity contribution in [1.29, 1.82) is 0 Å². The van der Waals surface area contributed by atoms with Gasteiger partial charge in [0, 0.05) is 29.8 Å². The molecule has 0 radical (unpaired) electrons. The molecule has 8 nitrogen and oxygen atoms in total.